The van der Waals surface area contributed by atoms with Gasteiger partial charge in [0.2, 0.25) is 5.91 Å². The van der Waals surface area contributed by atoms with Gasteiger partial charge in [-0.25, -0.2) is 0 Å². The number of hydrogen-bond donors (Lipinski definition) is 1. The van der Waals surface area contributed by atoms with Crippen LogP contribution in [0.4, 0.5) is 5.82 Å². The Kier molecular flexibility index (Phi) is 5.75. The van der Waals surface area contributed by atoms with Crippen LogP contribution in [0.15, 0.2) is 12.1 Å². The van der Waals surface area contributed by atoms with Crippen molar-refractivity contribution in [2.45, 2.75) is 46.5 Å². The van der Waals surface area contributed by atoms with Crippen molar-refractivity contribution < 1.29 is 4.79 Å². The number of rotatable bonds is 5. The molecule has 1 fully saturated rings. The van der Waals surface area contributed by atoms with Gasteiger partial charge in [-0.1, -0.05) is 27.7 Å². The van der Waals surface area contributed by atoms with E-state index in [9.17, 15) is 4.79 Å². The highest BCUT2D eigenvalue weighted by atomic mass is 16.1. The Balaban J connectivity index is 1.80. The van der Waals surface area contributed by atoms with Gasteiger partial charge < -0.3 is 10.2 Å². The standard InChI is InChI=1S/C17H28N4O/c1-12(2)15-5-6-16(20-19-15)21-9-7-14(8-10-21)11-18-17(22)13(3)4/h5-6,12-14H,7-11H2,1-4H3,(H,18,22). The SMILES string of the molecule is CC(C)C(=O)NCC1CCN(c2ccc(C(C)C)nn2)CC1. The fourth-order valence-electron chi connectivity index (χ4n) is 2.63. The molecular weight excluding hydrogens is 276 g/mol. The first-order chi connectivity index (χ1) is 10.5. The van der Waals surface area contributed by atoms with Gasteiger partial charge in [0.15, 0.2) is 5.82 Å². The number of carbonyl (C=O) groups excluding carboxylic acids is 1. The van der Waals surface area contributed by atoms with Crippen LogP contribution >= 0.6 is 0 Å². The van der Waals surface area contributed by atoms with E-state index in [1.54, 1.807) is 0 Å². The molecule has 0 spiro atoms. The van der Waals surface area contributed by atoms with E-state index in [0.29, 0.717) is 11.8 Å². The lowest BCUT2D eigenvalue weighted by atomic mass is 9.96. The average Bonchev–Trinajstić information content (AvgIpc) is 2.53. The lowest BCUT2D eigenvalue weighted by molar-refractivity contribution is -0.124. The number of nitrogens with one attached hydrogen (secondary N) is 1. The predicted molar refractivity (Wildman–Crippen MR) is 88.9 cm³/mol. The first-order valence-electron chi connectivity index (χ1n) is 8.33. The maximum absolute atomic E-state index is 11.6. The molecule has 5 heteroatoms. The Morgan fingerprint density at radius 3 is 2.41 bits per heavy atom. The second-order valence-electron chi connectivity index (χ2n) is 6.80. The van der Waals surface area contributed by atoms with E-state index in [2.05, 4.69) is 46.4 Å². The van der Waals surface area contributed by atoms with Gasteiger partial charge in [-0.05, 0) is 36.8 Å². The fourth-order valence-corrected chi connectivity index (χ4v) is 2.63. The van der Waals surface area contributed by atoms with Crippen LogP contribution in [-0.4, -0.2) is 35.7 Å². The average molecular weight is 304 g/mol. The predicted octanol–water partition coefficient (Wildman–Crippen LogP) is 2.59. The quantitative estimate of drug-likeness (QED) is 0.908. The number of amides is 1. The largest absolute Gasteiger partial charge is 0.356 e. The van der Waals surface area contributed by atoms with Crippen LogP contribution in [-0.2, 0) is 4.79 Å². The zero-order chi connectivity index (χ0) is 16.1. The molecule has 122 valence electrons. The summed E-state index contributed by atoms with van der Waals surface area (Å²) in [5.74, 6) is 2.17. The van der Waals surface area contributed by atoms with Crippen molar-refractivity contribution in [3.8, 4) is 0 Å². The van der Waals surface area contributed by atoms with Gasteiger partial charge in [-0.15, -0.1) is 5.10 Å². The molecule has 0 saturated carbocycles. The summed E-state index contributed by atoms with van der Waals surface area (Å²) in [5, 5.41) is 11.7. The molecule has 1 saturated heterocycles. The van der Waals surface area contributed by atoms with E-state index in [1.165, 1.54) is 0 Å². The molecule has 1 aromatic heterocycles. The van der Waals surface area contributed by atoms with Crippen molar-refractivity contribution in [1.82, 2.24) is 15.5 Å². The van der Waals surface area contributed by atoms with E-state index in [4.69, 9.17) is 0 Å². The second kappa shape index (κ2) is 7.56. The number of aromatic nitrogens is 2. The summed E-state index contributed by atoms with van der Waals surface area (Å²) in [6.07, 6.45) is 2.18. The molecule has 1 aliphatic rings. The van der Waals surface area contributed by atoms with Gasteiger partial charge in [0.25, 0.3) is 0 Å². The van der Waals surface area contributed by atoms with E-state index < -0.39 is 0 Å². The number of nitrogens with zero attached hydrogens (tertiary/aromatic N) is 3. The molecule has 1 aromatic rings. The Bertz CT molecular complexity index is 476. The zero-order valence-corrected chi connectivity index (χ0v) is 14.2. The highest BCUT2D eigenvalue weighted by molar-refractivity contribution is 5.77. The second-order valence-corrected chi connectivity index (χ2v) is 6.80. The Morgan fingerprint density at radius 2 is 1.91 bits per heavy atom. The summed E-state index contributed by atoms with van der Waals surface area (Å²) in [7, 11) is 0. The van der Waals surface area contributed by atoms with Gasteiger partial charge in [-0.3, -0.25) is 4.79 Å². The highest BCUT2D eigenvalue weighted by Gasteiger charge is 2.21. The molecule has 5 nitrogen and oxygen atoms in total. The molecule has 0 radical (unpaired) electrons. The molecule has 0 aliphatic carbocycles. The Labute approximate surface area is 133 Å². The summed E-state index contributed by atoms with van der Waals surface area (Å²) in [6.45, 7) is 10.9. The van der Waals surface area contributed by atoms with E-state index in [1.807, 2.05) is 13.8 Å². The van der Waals surface area contributed by atoms with Crippen molar-refractivity contribution in [2.75, 3.05) is 24.5 Å². The lowest BCUT2D eigenvalue weighted by Gasteiger charge is -2.32. The summed E-state index contributed by atoms with van der Waals surface area (Å²) in [4.78, 5) is 13.9. The van der Waals surface area contributed by atoms with Crippen molar-refractivity contribution in [1.29, 1.82) is 0 Å². The molecular formula is C17H28N4O. The molecule has 1 aliphatic heterocycles. The first-order valence-corrected chi connectivity index (χ1v) is 8.33. The van der Waals surface area contributed by atoms with E-state index in [-0.39, 0.29) is 11.8 Å². The number of anilines is 1. The Hall–Kier alpha value is -1.65. The minimum Gasteiger partial charge on any atom is -0.356 e. The maximum Gasteiger partial charge on any atom is 0.222 e. The summed E-state index contributed by atoms with van der Waals surface area (Å²) in [5.41, 5.74) is 1.04. The van der Waals surface area contributed by atoms with Gasteiger partial charge >= 0.3 is 0 Å². The van der Waals surface area contributed by atoms with Crippen molar-refractivity contribution in [2.24, 2.45) is 11.8 Å². The zero-order valence-electron chi connectivity index (χ0n) is 14.2. The number of carbonyl (C=O) groups is 1. The molecule has 0 aromatic carbocycles. The lowest BCUT2D eigenvalue weighted by Crippen LogP contribution is -2.40. The van der Waals surface area contributed by atoms with Crippen LogP contribution in [0.25, 0.3) is 0 Å². The minimum atomic E-state index is 0.0647. The molecule has 0 unspecified atom stereocenters. The fraction of sp³-hybridized carbons (Fsp3) is 0.706. The van der Waals surface area contributed by atoms with Crippen LogP contribution in [0.5, 0.6) is 0 Å². The van der Waals surface area contributed by atoms with Crippen LogP contribution in [0, 0.1) is 11.8 Å². The molecule has 2 heterocycles. The normalized spacial score (nSPS) is 16.4. The third-order valence-electron chi connectivity index (χ3n) is 4.29. The monoisotopic (exact) mass is 304 g/mol. The molecule has 1 amide bonds. The van der Waals surface area contributed by atoms with Crippen LogP contribution < -0.4 is 10.2 Å². The van der Waals surface area contributed by atoms with Gasteiger partial charge in [-0.2, -0.15) is 5.10 Å². The van der Waals surface area contributed by atoms with Crippen molar-refractivity contribution in [3.63, 3.8) is 0 Å². The van der Waals surface area contributed by atoms with Crippen LogP contribution in [0.1, 0.15) is 52.1 Å². The number of hydrogen-bond acceptors (Lipinski definition) is 4. The van der Waals surface area contributed by atoms with Crippen molar-refractivity contribution in [3.05, 3.63) is 17.8 Å². The van der Waals surface area contributed by atoms with Gasteiger partial charge in [0, 0.05) is 25.6 Å². The first kappa shape index (κ1) is 16.7. The smallest absolute Gasteiger partial charge is 0.222 e. The molecule has 2 rings (SSSR count). The summed E-state index contributed by atoms with van der Waals surface area (Å²) < 4.78 is 0. The van der Waals surface area contributed by atoms with Crippen LogP contribution in [0.2, 0.25) is 0 Å². The summed E-state index contributed by atoms with van der Waals surface area (Å²) >= 11 is 0. The number of piperidine rings is 1. The Morgan fingerprint density at radius 1 is 1.23 bits per heavy atom. The molecule has 22 heavy (non-hydrogen) atoms. The van der Waals surface area contributed by atoms with E-state index >= 15 is 0 Å². The summed E-state index contributed by atoms with van der Waals surface area (Å²) in [6, 6.07) is 4.14. The maximum atomic E-state index is 11.6. The van der Waals surface area contributed by atoms with Gasteiger partial charge in [0.1, 0.15) is 0 Å². The highest BCUT2D eigenvalue weighted by Crippen LogP contribution is 2.22. The molecule has 0 atom stereocenters. The minimum absolute atomic E-state index is 0.0647. The van der Waals surface area contributed by atoms with Crippen LogP contribution in [0.3, 0.4) is 0 Å². The van der Waals surface area contributed by atoms with Gasteiger partial charge in [0.05, 0.1) is 5.69 Å². The topological polar surface area (TPSA) is 58.1 Å². The molecule has 0 bridgehead atoms. The molecule has 1 N–H and O–H groups in total. The van der Waals surface area contributed by atoms with E-state index in [0.717, 1.165) is 44.0 Å². The third-order valence-corrected chi connectivity index (χ3v) is 4.29. The van der Waals surface area contributed by atoms with Crippen molar-refractivity contribution >= 4 is 11.7 Å². The third kappa shape index (κ3) is 4.42.